The van der Waals surface area contributed by atoms with Crippen molar-refractivity contribution in [3.05, 3.63) is 93.5 Å². The molecule has 0 aliphatic carbocycles. The molecule has 32 heavy (non-hydrogen) atoms. The van der Waals surface area contributed by atoms with Crippen LogP contribution in [-0.2, 0) is 22.7 Å². The highest BCUT2D eigenvalue weighted by molar-refractivity contribution is 5.93. The Morgan fingerprint density at radius 1 is 0.906 bits per heavy atom. The SMILES string of the molecule is CC(=O)Nc1cccc(NC(=O)Cn2c(=O)n(Cc3ccco3)c(=O)c3ccccc32)c1. The van der Waals surface area contributed by atoms with Gasteiger partial charge >= 0.3 is 5.69 Å². The van der Waals surface area contributed by atoms with Crippen LogP contribution in [0.25, 0.3) is 10.9 Å². The zero-order valence-electron chi connectivity index (χ0n) is 17.2. The van der Waals surface area contributed by atoms with E-state index in [1.54, 1.807) is 60.7 Å². The minimum atomic E-state index is -0.618. The van der Waals surface area contributed by atoms with Crippen molar-refractivity contribution in [2.75, 3.05) is 10.6 Å². The lowest BCUT2D eigenvalue weighted by Crippen LogP contribution is -2.42. The highest BCUT2D eigenvalue weighted by atomic mass is 16.3. The fourth-order valence-corrected chi connectivity index (χ4v) is 3.44. The first-order valence-electron chi connectivity index (χ1n) is 9.84. The third kappa shape index (κ3) is 4.36. The van der Waals surface area contributed by atoms with Crippen LogP contribution in [0.3, 0.4) is 0 Å². The molecule has 9 nitrogen and oxygen atoms in total. The van der Waals surface area contributed by atoms with Gasteiger partial charge in [0.15, 0.2) is 0 Å². The van der Waals surface area contributed by atoms with Gasteiger partial charge in [0.1, 0.15) is 12.3 Å². The fraction of sp³-hybridized carbons (Fsp3) is 0.130. The average molecular weight is 432 g/mol. The summed E-state index contributed by atoms with van der Waals surface area (Å²) in [6.45, 7) is 1.04. The van der Waals surface area contributed by atoms with Crippen LogP contribution in [-0.4, -0.2) is 20.9 Å². The van der Waals surface area contributed by atoms with Crippen molar-refractivity contribution in [2.24, 2.45) is 0 Å². The van der Waals surface area contributed by atoms with E-state index < -0.39 is 17.2 Å². The average Bonchev–Trinajstić information content (AvgIpc) is 3.27. The third-order valence-electron chi connectivity index (χ3n) is 4.79. The molecule has 0 atom stereocenters. The summed E-state index contributed by atoms with van der Waals surface area (Å²) >= 11 is 0. The van der Waals surface area contributed by atoms with Crippen LogP contribution in [0.1, 0.15) is 12.7 Å². The number of fused-ring (bicyclic) bond motifs is 1. The van der Waals surface area contributed by atoms with Gasteiger partial charge in [0.25, 0.3) is 5.56 Å². The van der Waals surface area contributed by atoms with E-state index in [2.05, 4.69) is 10.6 Å². The number of nitrogens with one attached hydrogen (secondary N) is 2. The molecule has 0 unspecified atom stereocenters. The molecule has 2 heterocycles. The molecule has 2 aromatic heterocycles. The molecule has 9 heteroatoms. The molecule has 0 saturated heterocycles. The molecule has 0 aliphatic heterocycles. The number of amides is 2. The first kappa shape index (κ1) is 20.9. The molecular formula is C23H20N4O5. The second kappa shape index (κ2) is 8.76. The smallest absolute Gasteiger partial charge is 0.332 e. The number of para-hydroxylation sites is 1. The molecule has 4 rings (SSSR count). The number of hydrogen-bond acceptors (Lipinski definition) is 5. The molecule has 2 amide bonds. The Hall–Kier alpha value is -4.40. The predicted molar refractivity (Wildman–Crippen MR) is 120 cm³/mol. The van der Waals surface area contributed by atoms with Crippen molar-refractivity contribution < 1.29 is 14.0 Å². The Kier molecular flexibility index (Phi) is 5.71. The first-order chi connectivity index (χ1) is 15.4. The lowest BCUT2D eigenvalue weighted by Gasteiger charge is -2.14. The summed E-state index contributed by atoms with van der Waals surface area (Å²) in [5, 5.41) is 5.68. The van der Waals surface area contributed by atoms with Crippen LogP contribution in [0.4, 0.5) is 11.4 Å². The Labute approximate surface area is 181 Å². The zero-order valence-corrected chi connectivity index (χ0v) is 17.2. The largest absolute Gasteiger partial charge is 0.467 e. The first-order valence-corrected chi connectivity index (χ1v) is 9.84. The predicted octanol–water partition coefficient (Wildman–Crippen LogP) is 2.40. The molecule has 4 aromatic rings. The highest BCUT2D eigenvalue weighted by Gasteiger charge is 2.16. The van der Waals surface area contributed by atoms with Gasteiger partial charge in [0.2, 0.25) is 11.8 Å². The van der Waals surface area contributed by atoms with E-state index in [-0.39, 0.29) is 19.0 Å². The van der Waals surface area contributed by atoms with Crippen molar-refractivity contribution in [1.29, 1.82) is 0 Å². The van der Waals surface area contributed by atoms with E-state index in [9.17, 15) is 19.2 Å². The summed E-state index contributed by atoms with van der Waals surface area (Å²) < 4.78 is 7.59. The Bertz CT molecular complexity index is 1420. The van der Waals surface area contributed by atoms with Gasteiger partial charge in [-0.15, -0.1) is 0 Å². The zero-order chi connectivity index (χ0) is 22.7. The minimum Gasteiger partial charge on any atom is -0.467 e. The number of carbonyl (C=O) groups is 2. The Morgan fingerprint density at radius 2 is 1.66 bits per heavy atom. The second-order valence-electron chi connectivity index (χ2n) is 7.17. The maximum Gasteiger partial charge on any atom is 0.332 e. The molecule has 162 valence electrons. The highest BCUT2D eigenvalue weighted by Crippen LogP contribution is 2.15. The summed E-state index contributed by atoms with van der Waals surface area (Å²) in [6, 6.07) is 16.6. The van der Waals surface area contributed by atoms with Crippen LogP contribution in [0.5, 0.6) is 0 Å². The van der Waals surface area contributed by atoms with Crippen LogP contribution in [0.15, 0.2) is 80.9 Å². The van der Waals surface area contributed by atoms with E-state index in [1.165, 1.54) is 17.8 Å². The lowest BCUT2D eigenvalue weighted by molar-refractivity contribution is -0.117. The Morgan fingerprint density at radius 3 is 2.38 bits per heavy atom. The molecule has 0 radical (unpaired) electrons. The number of benzene rings is 2. The number of anilines is 2. The molecule has 0 aliphatic rings. The van der Waals surface area contributed by atoms with Crippen molar-refractivity contribution in [2.45, 2.75) is 20.0 Å². The molecule has 0 bridgehead atoms. The van der Waals surface area contributed by atoms with Gasteiger partial charge < -0.3 is 15.1 Å². The topological polar surface area (TPSA) is 115 Å². The summed E-state index contributed by atoms with van der Waals surface area (Å²) in [5.41, 5.74) is 0.279. The number of nitrogens with zero attached hydrogens (tertiary/aromatic N) is 2. The summed E-state index contributed by atoms with van der Waals surface area (Å²) in [4.78, 5) is 50.1. The van der Waals surface area contributed by atoms with Crippen molar-refractivity contribution in [1.82, 2.24) is 9.13 Å². The van der Waals surface area contributed by atoms with Gasteiger partial charge in [0.05, 0.1) is 23.7 Å². The minimum absolute atomic E-state index is 0.0458. The second-order valence-corrected chi connectivity index (χ2v) is 7.17. The van der Waals surface area contributed by atoms with Gasteiger partial charge in [0, 0.05) is 18.3 Å². The normalized spacial score (nSPS) is 10.8. The van der Waals surface area contributed by atoms with Gasteiger partial charge in [-0.05, 0) is 42.5 Å². The van der Waals surface area contributed by atoms with E-state index >= 15 is 0 Å². The number of rotatable bonds is 6. The quantitative estimate of drug-likeness (QED) is 0.486. The van der Waals surface area contributed by atoms with Gasteiger partial charge in [-0.1, -0.05) is 18.2 Å². The summed E-state index contributed by atoms with van der Waals surface area (Å²) in [5.74, 6) is -0.240. The van der Waals surface area contributed by atoms with E-state index in [0.29, 0.717) is 28.0 Å². The van der Waals surface area contributed by atoms with Crippen LogP contribution in [0, 0.1) is 0 Å². The molecular weight excluding hydrogens is 412 g/mol. The van der Waals surface area contributed by atoms with Gasteiger partial charge in [-0.3, -0.25) is 23.5 Å². The molecule has 0 spiro atoms. The molecule has 2 aromatic carbocycles. The van der Waals surface area contributed by atoms with Crippen LogP contribution in [0.2, 0.25) is 0 Å². The fourth-order valence-electron chi connectivity index (χ4n) is 3.44. The van der Waals surface area contributed by atoms with Crippen molar-refractivity contribution in [3.63, 3.8) is 0 Å². The molecule has 0 saturated carbocycles. The monoisotopic (exact) mass is 432 g/mol. The van der Waals surface area contributed by atoms with Gasteiger partial charge in [-0.25, -0.2) is 4.79 Å². The number of carbonyl (C=O) groups excluding carboxylic acids is 2. The molecule has 2 N–H and O–H groups in total. The summed E-state index contributed by atoms with van der Waals surface area (Å²) in [7, 11) is 0. The number of aromatic nitrogens is 2. The Balaban J connectivity index is 1.68. The maximum atomic E-state index is 13.2. The van der Waals surface area contributed by atoms with E-state index in [0.717, 1.165) is 4.57 Å². The number of hydrogen-bond donors (Lipinski definition) is 2. The summed E-state index contributed by atoms with van der Waals surface area (Å²) in [6.07, 6.45) is 1.46. The van der Waals surface area contributed by atoms with E-state index in [4.69, 9.17) is 4.42 Å². The van der Waals surface area contributed by atoms with E-state index in [1.807, 2.05) is 0 Å². The molecule has 0 fully saturated rings. The standard InChI is InChI=1S/C23H20N4O5/c1-15(28)24-16-6-4-7-17(12-16)25-21(29)14-26-20-10-3-2-9-19(20)22(30)27(23(26)31)13-18-8-5-11-32-18/h2-12H,13-14H2,1H3,(H,24,28)(H,25,29). The number of furan rings is 1. The van der Waals surface area contributed by atoms with Crippen molar-refractivity contribution in [3.8, 4) is 0 Å². The van der Waals surface area contributed by atoms with Crippen LogP contribution >= 0.6 is 0 Å². The third-order valence-corrected chi connectivity index (χ3v) is 4.79. The van der Waals surface area contributed by atoms with Gasteiger partial charge in [-0.2, -0.15) is 0 Å². The lowest BCUT2D eigenvalue weighted by atomic mass is 10.2. The van der Waals surface area contributed by atoms with Crippen molar-refractivity contribution >= 4 is 34.1 Å². The van der Waals surface area contributed by atoms with Crippen LogP contribution < -0.4 is 21.9 Å². The maximum absolute atomic E-state index is 13.2.